The van der Waals surface area contributed by atoms with Crippen molar-refractivity contribution in [2.24, 2.45) is 11.5 Å². The minimum absolute atomic E-state index is 0.119. The van der Waals surface area contributed by atoms with Gasteiger partial charge in [0.05, 0.1) is 12.1 Å². The highest BCUT2D eigenvalue weighted by atomic mass is 32.1. The number of amides is 1. The molecule has 0 aliphatic carbocycles. The third-order valence-corrected chi connectivity index (χ3v) is 5.42. The highest BCUT2D eigenvalue weighted by Gasteiger charge is 2.41. The van der Waals surface area contributed by atoms with E-state index in [4.69, 9.17) is 11.5 Å². The zero-order chi connectivity index (χ0) is 27.4. The highest BCUT2D eigenvalue weighted by molar-refractivity contribution is 7.96. The second-order valence-corrected chi connectivity index (χ2v) is 8.46. The molecule has 1 amide bonds. The Morgan fingerprint density at radius 1 is 0.946 bits per heavy atom. The molecule has 3 aromatic carbocycles. The summed E-state index contributed by atoms with van der Waals surface area (Å²) in [6.45, 7) is 0.462. The zero-order valence-corrected chi connectivity index (χ0v) is 20.7. The first kappa shape index (κ1) is 29.8. The average molecular weight is 536 g/mol. The van der Waals surface area contributed by atoms with Crippen LogP contribution in [0.5, 0.6) is 5.75 Å². The van der Waals surface area contributed by atoms with Crippen LogP contribution in [0.15, 0.2) is 72.8 Å². The fraction of sp³-hybridized carbons (Fsp3) is 0.269. The normalized spacial score (nSPS) is 12.6. The maximum absolute atomic E-state index is 12.0. The van der Waals surface area contributed by atoms with Crippen molar-refractivity contribution >= 4 is 40.4 Å². The first-order chi connectivity index (χ1) is 17.5. The van der Waals surface area contributed by atoms with E-state index in [9.17, 15) is 27.6 Å². The fourth-order valence-electron chi connectivity index (χ4n) is 3.21. The third-order valence-electron chi connectivity index (χ3n) is 5.11. The Morgan fingerprint density at radius 3 is 2.16 bits per heavy atom. The predicted molar refractivity (Wildman–Crippen MR) is 138 cm³/mol. The molecule has 0 aliphatic rings. The molecule has 0 radical (unpaired) electrons. The monoisotopic (exact) mass is 535 g/mol. The van der Waals surface area contributed by atoms with E-state index in [0.29, 0.717) is 31.2 Å². The van der Waals surface area contributed by atoms with Crippen molar-refractivity contribution in [1.82, 2.24) is 5.32 Å². The summed E-state index contributed by atoms with van der Waals surface area (Å²) < 4.78 is 40.1. The number of carbonyl (C=O) groups is 3. The molecule has 198 valence electrons. The first-order valence-corrected chi connectivity index (χ1v) is 11.8. The van der Waals surface area contributed by atoms with Crippen LogP contribution in [0.3, 0.4) is 0 Å². The molecule has 0 bridgehead atoms. The quantitative estimate of drug-likeness (QED) is 0.189. The summed E-state index contributed by atoms with van der Waals surface area (Å²) in [7, 11) is 0. The molecule has 0 spiro atoms. The van der Waals surface area contributed by atoms with Crippen molar-refractivity contribution in [1.29, 1.82) is 0 Å². The van der Waals surface area contributed by atoms with E-state index in [1.165, 1.54) is 12.1 Å². The van der Waals surface area contributed by atoms with Crippen LogP contribution in [0.4, 0.5) is 13.2 Å². The van der Waals surface area contributed by atoms with Crippen LogP contribution < -0.4 is 21.5 Å². The molecule has 0 saturated heterocycles. The molecule has 5 N–H and O–H groups in total. The summed E-state index contributed by atoms with van der Waals surface area (Å²) in [4.78, 5) is 33.9. The maximum Gasteiger partial charge on any atom is 0.491 e. The smallest absolute Gasteiger partial charge is 0.420 e. The van der Waals surface area contributed by atoms with Gasteiger partial charge in [-0.1, -0.05) is 60.7 Å². The van der Waals surface area contributed by atoms with Crippen LogP contribution >= 0.6 is 12.6 Å². The molecule has 0 heterocycles. The molecule has 0 saturated carbocycles. The molecule has 3 aromatic rings. The number of esters is 1. The molecule has 11 heteroatoms. The van der Waals surface area contributed by atoms with Gasteiger partial charge in [0, 0.05) is 0 Å². The molecule has 0 aliphatic heterocycles. The summed E-state index contributed by atoms with van der Waals surface area (Å²) >= 11 is 3.77. The number of thiol groups is 1. The van der Waals surface area contributed by atoms with Crippen molar-refractivity contribution in [2.75, 3.05) is 6.54 Å². The Kier molecular flexibility index (Phi) is 11.6. The number of nitrogens with one attached hydrogen (secondary N) is 1. The summed E-state index contributed by atoms with van der Waals surface area (Å²) in [6.07, 6.45) is -3.43. The number of ether oxygens (including phenoxy) is 1. The summed E-state index contributed by atoms with van der Waals surface area (Å²) in [5, 5.41) is 3.82. The Bertz CT molecular complexity index is 1190. The molecule has 0 unspecified atom stereocenters. The standard InChI is InChI=1S/C14H21N3O2S.C12H7F3O2/c15-8-4-7-12(14(19)20)17-13(18)11(16)9-10-5-2-1-3-6-10;13-12(14,15)11(16)17-10-6-5-8-3-1-2-4-9(8)7-10/h1-3,5-6,11-12H,4,7-9,15-16H2,(H,17,18)(H,19,20);1-7H/t11-,12-;/m0./s1. The van der Waals surface area contributed by atoms with Gasteiger partial charge in [0.15, 0.2) is 0 Å². The minimum atomic E-state index is -4.98. The van der Waals surface area contributed by atoms with Gasteiger partial charge in [-0.25, -0.2) is 4.79 Å². The average Bonchev–Trinajstić information content (AvgIpc) is 2.86. The van der Waals surface area contributed by atoms with Crippen molar-refractivity contribution in [3.8, 4) is 5.75 Å². The van der Waals surface area contributed by atoms with Crippen molar-refractivity contribution in [2.45, 2.75) is 37.5 Å². The molecular weight excluding hydrogens is 507 g/mol. The maximum atomic E-state index is 12.0. The SMILES string of the molecule is NCCC[C@H](NC(=O)[C@@H](N)Cc1ccccc1)C(=O)S.O=C(Oc1ccc2ccccc2c1)C(F)(F)F. The van der Waals surface area contributed by atoms with Gasteiger partial charge in [0.2, 0.25) is 11.0 Å². The van der Waals surface area contributed by atoms with E-state index in [-0.39, 0.29) is 16.8 Å². The van der Waals surface area contributed by atoms with Crippen molar-refractivity contribution in [3.05, 3.63) is 78.4 Å². The van der Waals surface area contributed by atoms with E-state index in [2.05, 4.69) is 22.7 Å². The molecule has 0 fully saturated rings. The highest BCUT2D eigenvalue weighted by Crippen LogP contribution is 2.23. The third kappa shape index (κ3) is 10.2. The Balaban J connectivity index is 0.000000263. The lowest BCUT2D eigenvalue weighted by Gasteiger charge is -2.18. The number of hydrogen-bond acceptors (Lipinski definition) is 6. The van der Waals surface area contributed by atoms with E-state index >= 15 is 0 Å². The predicted octanol–water partition coefficient (Wildman–Crippen LogP) is 3.54. The number of fused-ring (bicyclic) bond motifs is 1. The first-order valence-electron chi connectivity index (χ1n) is 11.3. The Labute approximate surface area is 217 Å². The number of hydrogen-bond donors (Lipinski definition) is 4. The second-order valence-electron chi connectivity index (χ2n) is 8.02. The van der Waals surface area contributed by atoms with Gasteiger partial charge in [-0.3, -0.25) is 9.59 Å². The van der Waals surface area contributed by atoms with Crippen molar-refractivity contribution in [3.63, 3.8) is 0 Å². The molecular formula is C26H28F3N3O4S. The van der Waals surface area contributed by atoms with Gasteiger partial charge < -0.3 is 21.5 Å². The minimum Gasteiger partial charge on any atom is -0.420 e. The lowest BCUT2D eigenvalue weighted by Crippen LogP contribution is -2.48. The van der Waals surface area contributed by atoms with Crippen molar-refractivity contribution < 1.29 is 32.3 Å². The largest absolute Gasteiger partial charge is 0.491 e. The number of benzene rings is 3. The molecule has 0 aromatic heterocycles. The summed E-state index contributed by atoms with van der Waals surface area (Å²) in [6, 6.07) is 19.6. The number of alkyl halides is 3. The van der Waals surface area contributed by atoms with Gasteiger partial charge in [0.1, 0.15) is 5.75 Å². The summed E-state index contributed by atoms with van der Waals surface area (Å²) in [5.41, 5.74) is 12.2. The van der Waals surface area contributed by atoms with Crippen LogP contribution in [-0.4, -0.2) is 41.8 Å². The number of nitrogens with two attached hydrogens (primary N) is 2. The topological polar surface area (TPSA) is 125 Å². The Morgan fingerprint density at radius 2 is 1.57 bits per heavy atom. The van der Waals surface area contributed by atoms with Crippen LogP contribution in [0.25, 0.3) is 10.8 Å². The van der Waals surface area contributed by atoms with Gasteiger partial charge in [-0.2, -0.15) is 13.2 Å². The number of rotatable bonds is 9. The molecule has 7 nitrogen and oxygen atoms in total. The van der Waals surface area contributed by atoms with Crippen LogP contribution in [0.2, 0.25) is 0 Å². The van der Waals surface area contributed by atoms with Gasteiger partial charge in [-0.15, -0.1) is 12.6 Å². The van der Waals surface area contributed by atoms with E-state index in [1.807, 2.05) is 42.5 Å². The van der Waals surface area contributed by atoms with Crippen LogP contribution in [0, 0.1) is 0 Å². The van der Waals surface area contributed by atoms with E-state index in [1.54, 1.807) is 18.2 Å². The zero-order valence-electron chi connectivity index (χ0n) is 19.8. The number of halogens is 3. The lowest BCUT2D eigenvalue weighted by molar-refractivity contribution is -0.189. The van der Waals surface area contributed by atoms with Gasteiger partial charge in [-0.05, 0) is 54.3 Å². The second kappa shape index (κ2) is 14.4. The van der Waals surface area contributed by atoms with E-state index < -0.39 is 24.2 Å². The van der Waals surface area contributed by atoms with E-state index in [0.717, 1.165) is 10.9 Å². The fourth-order valence-corrected chi connectivity index (χ4v) is 3.41. The van der Waals surface area contributed by atoms with Crippen LogP contribution in [-0.2, 0) is 20.8 Å². The lowest BCUT2D eigenvalue weighted by atomic mass is 10.1. The Hall–Kier alpha value is -3.41. The number of carbonyl (C=O) groups excluding carboxylic acids is 3. The van der Waals surface area contributed by atoms with Gasteiger partial charge in [0.25, 0.3) is 0 Å². The molecule has 2 atom stereocenters. The summed E-state index contributed by atoms with van der Waals surface area (Å²) in [5.74, 6) is -2.68. The molecule has 3 rings (SSSR count). The van der Waals surface area contributed by atoms with Crippen LogP contribution in [0.1, 0.15) is 18.4 Å². The molecule has 37 heavy (non-hydrogen) atoms. The van der Waals surface area contributed by atoms with Gasteiger partial charge >= 0.3 is 12.1 Å².